The lowest BCUT2D eigenvalue weighted by molar-refractivity contribution is 0.576. The standard InChI is InChI=1S/C14H24N2O2S2/c1-12(15)13-7-6-8-14(11-13)20(17,18)16-9-4-3-5-10-19-2/h6-8,11-12,16H,3-5,9-10,15H2,1-2H3. The summed E-state index contributed by atoms with van der Waals surface area (Å²) in [6.07, 6.45) is 5.12. The molecule has 0 radical (unpaired) electrons. The van der Waals surface area contributed by atoms with Crippen LogP contribution in [0.25, 0.3) is 0 Å². The zero-order valence-corrected chi connectivity index (χ0v) is 13.8. The lowest BCUT2D eigenvalue weighted by Crippen LogP contribution is -2.25. The van der Waals surface area contributed by atoms with Crippen LogP contribution in [0.4, 0.5) is 0 Å². The molecule has 0 aliphatic carbocycles. The fraction of sp³-hybridized carbons (Fsp3) is 0.571. The monoisotopic (exact) mass is 316 g/mol. The molecule has 0 fully saturated rings. The van der Waals surface area contributed by atoms with Gasteiger partial charge in [-0.1, -0.05) is 18.6 Å². The van der Waals surface area contributed by atoms with Gasteiger partial charge in [0.2, 0.25) is 10.0 Å². The average molecular weight is 316 g/mol. The number of hydrogen-bond donors (Lipinski definition) is 2. The van der Waals surface area contributed by atoms with Crippen molar-refractivity contribution in [1.82, 2.24) is 4.72 Å². The van der Waals surface area contributed by atoms with Crippen LogP contribution in [0.2, 0.25) is 0 Å². The lowest BCUT2D eigenvalue weighted by Gasteiger charge is -2.10. The van der Waals surface area contributed by atoms with Gasteiger partial charge in [-0.05, 0) is 49.5 Å². The van der Waals surface area contributed by atoms with Gasteiger partial charge in [-0.15, -0.1) is 0 Å². The molecular weight excluding hydrogens is 292 g/mol. The van der Waals surface area contributed by atoms with Crippen LogP contribution in [0.3, 0.4) is 0 Å². The molecule has 0 saturated carbocycles. The van der Waals surface area contributed by atoms with Crippen molar-refractivity contribution < 1.29 is 8.42 Å². The molecule has 6 heteroatoms. The Morgan fingerprint density at radius 1 is 1.30 bits per heavy atom. The smallest absolute Gasteiger partial charge is 0.240 e. The molecule has 0 amide bonds. The van der Waals surface area contributed by atoms with Gasteiger partial charge in [0.1, 0.15) is 0 Å². The molecule has 1 aromatic carbocycles. The van der Waals surface area contributed by atoms with Crippen LogP contribution in [0.5, 0.6) is 0 Å². The fourth-order valence-electron chi connectivity index (χ4n) is 1.80. The van der Waals surface area contributed by atoms with E-state index >= 15 is 0 Å². The third kappa shape index (κ3) is 5.83. The summed E-state index contributed by atoms with van der Waals surface area (Å²) in [6.45, 7) is 2.32. The van der Waals surface area contributed by atoms with Crippen LogP contribution in [0.1, 0.15) is 37.8 Å². The molecule has 114 valence electrons. The van der Waals surface area contributed by atoms with E-state index in [1.807, 2.05) is 24.8 Å². The van der Waals surface area contributed by atoms with E-state index in [1.165, 1.54) is 0 Å². The Hall–Kier alpha value is -0.560. The van der Waals surface area contributed by atoms with E-state index in [-0.39, 0.29) is 10.9 Å². The number of thioether (sulfide) groups is 1. The number of hydrogen-bond acceptors (Lipinski definition) is 4. The van der Waals surface area contributed by atoms with Gasteiger partial charge in [0.15, 0.2) is 0 Å². The maximum Gasteiger partial charge on any atom is 0.240 e. The van der Waals surface area contributed by atoms with Gasteiger partial charge in [0.05, 0.1) is 4.90 Å². The van der Waals surface area contributed by atoms with Crippen molar-refractivity contribution in [3.63, 3.8) is 0 Å². The highest BCUT2D eigenvalue weighted by atomic mass is 32.2. The van der Waals surface area contributed by atoms with E-state index in [9.17, 15) is 8.42 Å². The fourth-order valence-corrected chi connectivity index (χ4v) is 3.42. The van der Waals surface area contributed by atoms with E-state index in [4.69, 9.17) is 5.73 Å². The highest BCUT2D eigenvalue weighted by molar-refractivity contribution is 7.98. The van der Waals surface area contributed by atoms with Crippen molar-refractivity contribution in [3.05, 3.63) is 29.8 Å². The number of nitrogens with two attached hydrogens (primary N) is 1. The first-order valence-corrected chi connectivity index (χ1v) is 9.69. The third-order valence-corrected chi connectivity index (χ3v) is 5.17. The average Bonchev–Trinajstić information content (AvgIpc) is 2.43. The van der Waals surface area contributed by atoms with E-state index in [2.05, 4.69) is 11.0 Å². The third-order valence-electron chi connectivity index (χ3n) is 3.01. The highest BCUT2D eigenvalue weighted by Gasteiger charge is 2.14. The van der Waals surface area contributed by atoms with Gasteiger partial charge in [0.25, 0.3) is 0 Å². The van der Waals surface area contributed by atoms with Crippen LogP contribution in [0.15, 0.2) is 29.2 Å². The maximum absolute atomic E-state index is 12.1. The molecule has 1 aromatic rings. The summed E-state index contributed by atoms with van der Waals surface area (Å²) in [5.74, 6) is 1.13. The number of unbranched alkanes of at least 4 members (excludes halogenated alkanes) is 2. The SMILES string of the molecule is CSCCCCCNS(=O)(=O)c1cccc(C(C)N)c1. The van der Waals surface area contributed by atoms with E-state index in [0.29, 0.717) is 6.54 Å². The van der Waals surface area contributed by atoms with Crippen molar-refractivity contribution in [2.24, 2.45) is 5.73 Å². The van der Waals surface area contributed by atoms with Gasteiger partial charge in [0, 0.05) is 12.6 Å². The van der Waals surface area contributed by atoms with Crippen molar-refractivity contribution in [1.29, 1.82) is 0 Å². The Morgan fingerprint density at radius 3 is 2.70 bits per heavy atom. The first kappa shape index (κ1) is 17.5. The van der Waals surface area contributed by atoms with Crippen molar-refractivity contribution in [3.8, 4) is 0 Å². The minimum atomic E-state index is -3.42. The quantitative estimate of drug-likeness (QED) is 0.687. The molecule has 0 aliphatic heterocycles. The zero-order valence-electron chi connectivity index (χ0n) is 12.1. The molecule has 0 aromatic heterocycles. The normalized spacial score (nSPS) is 13.3. The topological polar surface area (TPSA) is 72.2 Å². The number of rotatable bonds is 9. The van der Waals surface area contributed by atoms with E-state index < -0.39 is 10.0 Å². The predicted octanol–water partition coefficient (Wildman–Crippen LogP) is 2.52. The Morgan fingerprint density at radius 2 is 2.05 bits per heavy atom. The Kier molecular flexibility index (Phi) is 7.58. The van der Waals surface area contributed by atoms with Crippen LogP contribution < -0.4 is 10.5 Å². The minimum absolute atomic E-state index is 0.170. The maximum atomic E-state index is 12.1. The van der Waals surface area contributed by atoms with E-state index in [0.717, 1.165) is 30.6 Å². The summed E-state index contributed by atoms with van der Waals surface area (Å²) in [5.41, 5.74) is 6.60. The number of benzene rings is 1. The van der Waals surface area contributed by atoms with Gasteiger partial charge < -0.3 is 5.73 Å². The van der Waals surface area contributed by atoms with Gasteiger partial charge in [-0.25, -0.2) is 13.1 Å². The molecule has 0 heterocycles. The second-order valence-corrected chi connectivity index (χ2v) is 7.56. The molecule has 20 heavy (non-hydrogen) atoms. The zero-order chi connectivity index (χ0) is 15.0. The summed E-state index contributed by atoms with van der Waals surface area (Å²) < 4.78 is 26.9. The second kappa shape index (κ2) is 8.67. The molecular formula is C14H24N2O2S2. The predicted molar refractivity (Wildman–Crippen MR) is 86.5 cm³/mol. The Balaban J connectivity index is 2.54. The molecule has 0 aliphatic rings. The minimum Gasteiger partial charge on any atom is -0.324 e. The summed E-state index contributed by atoms with van der Waals surface area (Å²) in [6, 6.07) is 6.64. The van der Waals surface area contributed by atoms with Crippen molar-refractivity contribution in [2.75, 3.05) is 18.6 Å². The van der Waals surface area contributed by atoms with Crippen LogP contribution in [-0.2, 0) is 10.0 Å². The first-order chi connectivity index (χ1) is 9.47. The van der Waals surface area contributed by atoms with Crippen molar-refractivity contribution in [2.45, 2.75) is 37.1 Å². The van der Waals surface area contributed by atoms with Crippen LogP contribution in [0, 0.1) is 0 Å². The second-order valence-electron chi connectivity index (χ2n) is 4.81. The number of nitrogens with one attached hydrogen (secondary N) is 1. The summed E-state index contributed by atoms with van der Waals surface area (Å²) in [4.78, 5) is 0.288. The van der Waals surface area contributed by atoms with Gasteiger partial charge in [-0.2, -0.15) is 11.8 Å². The molecule has 0 spiro atoms. The highest BCUT2D eigenvalue weighted by Crippen LogP contribution is 2.15. The molecule has 0 saturated heterocycles. The summed E-state index contributed by atoms with van der Waals surface area (Å²) in [5, 5.41) is 0. The van der Waals surface area contributed by atoms with E-state index in [1.54, 1.807) is 18.2 Å². The van der Waals surface area contributed by atoms with Crippen LogP contribution >= 0.6 is 11.8 Å². The molecule has 1 unspecified atom stereocenters. The summed E-state index contributed by atoms with van der Waals surface area (Å²) >= 11 is 1.82. The molecule has 3 N–H and O–H groups in total. The van der Waals surface area contributed by atoms with Crippen molar-refractivity contribution >= 4 is 21.8 Å². The molecule has 0 bridgehead atoms. The molecule has 4 nitrogen and oxygen atoms in total. The van der Waals surface area contributed by atoms with Gasteiger partial charge in [-0.3, -0.25) is 0 Å². The molecule has 1 rings (SSSR count). The van der Waals surface area contributed by atoms with Gasteiger partial charge >= 0.3 is 0 Å². The Bertz CT molecular complexity index is 502. The molecule has 1 atom stereocenters. The number of sulfonamides is 1. The largest absolute Gasteiger partial charge is 0.324 e. The lowest BCUT2D eigenvalue weighted by atomic mass is 10.1. The summed E-state index contributed by atoms with van der Waals surface area (Å²) in [7, 11) is -3.42. The van der Waals surface area contributed by atoms with Crippen LogP contribution in [-0.4, -0.2) is 27.0 Å². The first-order valence-electron chi connectivity index (χ1n) is 6.81. The Labute approximate surface area is 126 Å².